The van der Waals surface area contributed by atoms with Gasteiger partial charge in [-0.15, -0.1) is 0 Å². The van der Waals surface area contributed by atoms with E-state index in [1.54, 1.807) is 7.05 Å². The topological polar surface area (TPSA) is 73.5 Å². The molecule has 0 aromatic heterocycles. The second-order valence-corrected chi connectivity index (χ2v) is 5.06. The van der Waals surface area contributed by atoms with E-state index < -0.39 is 0 Å². The van der Waals surface area contributed by atoms with E-state index in [-0.39, 0.29) is 17.5 Å². The number of piperidine rings is 1. The highest BCUT2D eigenvalue weighted by atomic mass is 16.2. The SMILES string of the molecule is CNC(=O)CC1(N2CCCNC2=O)CCNCC1. The maximum atomic E-state index is 12.0. The van der Waals surface area contributed by atoms with E-state index >= 15 is 0 Å². The molecule has 0 unspecified atom stereocenters. The third-order valence-electron chi connectivity index (χ3n) is 3.96. The van der Waals surface area contributed by atoms with E-state index in [9.17, 15) is 9.59 Å². The summed E-state index contributed by atoms with van der Waals surface area (Å²) in [7, 11) is 1.65. The standard InChI is InChI=1S/C12H22N4O2/c1-13-10(17)9-12(3-6-14-7-4-12)16-8-2-5-15-11(16)18/h14H,2-9H2,1H3,(H,13,17)(H,15,18). The van der Waals surface area contributed by atoms with E-state index in [4.69, 9.17) is 0 Å². The first-order chi connectivity index (χ1) is 8.68. The van der Waals surface area contributed by atoms with Gasteiger partial charge in [0, 0.05) is 20.1 Å². The molecule has 0 aromatic carbocycles. The highest BCUT2D eigenvalue weighted by Gasteiger charge is 2.42. The van der Waals surface area contributed by atoms with Crippen LogP contribution in [0.15, 0.2) is 0 Å². The molecule has 2 aliphatic rings. The largest absolute Gasteiger partial charge is 0.359 e. The minimum atomic E-state index is -0.310. The molecule has 6 heteroatoms. The van der Waals surface area contributed by atoms with Crippen LogP contribution < -0.4 is 16.0 Å². The van der Waals surface area contributed by atoms with Gasteiger partial charge in [-0.1, -0.05) is 0 Å². The van der Waals surface area contributed by atoms with Gasteiger partial charge in [-0.2, -0.15) is 0 Å². The van der Waals surface area contributed by atoms with E-state index in [1.165, 1.54) is 0 Å². The average molecular weight is 254 g/mol. The number of carbonyl (C=O) groups excluding carboxylic acids is 2. The van der Waals surface area contributed by atoms with E-state index in [0.29, 0.717) is 6.42 Å². The van der Waals surface area contributed by atoms with Gasteiger partial charge in [0.15, 0.2) is 0 Å². The van der Waals surface area contributed by atoms with Crippen molar-refractivity contribution in [2.75, 3.05) is 33.2 Å². The van der Waals surface area contributed by atoms with Crippen LogP contribution in [0.25, 0.3) is 0 Å². The first-order valence-electron chi connectivity index (χ1n) is 6.65. The first-order valence-corrected chi connectivity index (χ1v) is 6.65. The Bertz CT molecular complexity index is 326. The summed E-state index contributed by atoms with van der Waals surface area (Å²) in [4.78, 5) is 25.7. The summed E-state index contributed by atoms with van der Waals surface area (Å²) in [5, 5.41) is 8.85. The molecule has 102 valence electrons. The minimum absolute atomic E-state index is 0.00951. The van der Waals surface area contributed by atoms with E-state index in [2.05, 4.69) is 16.0 Å². The van der Waals surface area contributed by atoms with Crippen molar-refractivity contribution in [1.82, 2.24) is 20.9 Å². The lowest BCUT2D eigenvalue weighted by atomic mass is 9.82. The maximum Gasteiger partial charge on any atom is 0.317 e. The number of nitrogens with one attached hydrogen (secondary N) is 3. The fraction of sp³-hybridized carbons (Fsp3) is 0.833. The number of hydrogen-bond donors (Lipinski definition) is 3. The monoisotopic (exact) mass is 254 g/mol. The van der Waals surface area contributed by atoms with Gasteiger partial charge in [0.05, 0.1) is 12.0 Å². The Hall–Kier alpha value is -1.30. The minimum Gasteiger partial charge on any atom is -0.359 e. The molecule has 0 radical (unpaired) electrons. The molecule has 2 fully saturated rings. The van der Waals surface area contributed by atoms with Gasteiger partial charge in [-0.05, 0) is 32.4 Å². The van der Waals surface area contributed by atoms with Gasteiger partial charge in [0.1, 0.15) is 0 Å². The Balaban J connectivity index is 2.17. The van der Waals surface area contributed by atoms with Crippen LogP contribution in [0.3, 0.4) is 0 Å². The molecule has 3 amide bonds. The summed E-state index contributed by atoms with van der Waals surface area (Å²) in [6.45, 7) is 3.22. The Labute approximate surface area is 107 Å². The summed E-state index contributed by atoms with van der Waals surface area (Å²) in [6, 6.07) is -0.0212. The summed E-state index contributed by atoms with van der Waals surface area (Å²) < 4.78 is 0. The van der Waals surface area contributed by atoms with Gasteiger partial charge >= 0.3 is 6.03 Å². The van der Waals surface area contributed by atoms with Crippen LogP contribution in [0, 0.1) is 0 Å². The van der Waals surface area contributed by atoms with E-state index in [1.807, 2.05) is 4.90 Å². The normalized spacial score (nSPS) is 23.4. The number of hydrogen-bond acceptors (Lipinski definition) is 3. The summed E-state index contributed by atoms with van der Waals surface area (Å²) in [6.07, 6.45) is 3.04. The predicted molar refractivity (Wildman–Crippen MR) is 68.2 cm³/mol. The highest BCUT2D eigenvalue weighted by Crippen LogP contribution is 2.31. The third kappa shape index (κ3) is 2.58. The van der Waals surface area contributed by atoms with Crippen LogP contribution in [-0.2, 0) is 4.79 Å². The number of nitrogens with zero attached hydrogens (tertiary/aromatic N) is 1. The Morgan fingerprint density at radius 3 is 2.72 bits per heavy atom. The van der Waals surface area contributed by atoms with Crippen molar-refractivity contribution >= 4 is 11.9 Å². The summed E-state index contributed by atoms with van der Waals surface area (Å²) in [5.74, 6) is 0.00951. The van der Waals surface area contributed by atoms with Gasteiger partial charge in [-0.25, -0.2) is 4.79 Å². The quantitative estimate of drug-likeness (QED) is 0.645. The van der Waals surface area contributed by atoms with Crippen molar-refractivity contribution in [2.24, 2.45) is 0 Å². The lowest BCUT2D eigenvalue weighted by Gasteiger charge is -2.47. The van der Waals surface area contributed by atoms with Gasteiger partial charge < -0.3 is 20.9 Å². The zero-order valence-corrected chi connectivity index (χ0v) is 10.9. The molecule has 0 saturated carbocycles. The number of urea groups is 1. The van der Waals surface area contributed by atoms with Gasteiger partial charge in [0.2, 0.25) is 5.91 Å². The molecular formula is C12H22N4O2. The Morgan fingerprint density at radius 2 is 2.11 bits per heavy atom. The molecule has 0 bridgehead atoms. The number of carbonyl (C=O) groups is 2. The van der Waals surface area contributed by atoms with Gasteiger partial charge in [0.25, 0.3) is 0 Å². The van der Waals surface area contributed by atoms with Crippen LogP contribution in [0.1, 0.15) is 25.7 Å². The molecule has 0 atom stereocenters. The second kappa shape index (κ2) is 5.56. The molecule has 0 aromatic rings. The molecule has 2 aliphatic heterocycles. The zero-order valence-electron chi connectivity index (χ0n) is 10.9. The fourth-order valence-corrected chi connectivity index (χ4v) is 2.90. The van der Waals surface area contributed by atoms with Crippen molar-refractivity contribution in [1.29, 1.82) is 0 Å². The Morgan fingerprint density at radius 1 is 1.39 bits per heavy atom. The van der Waals surface area contributed by atoms with Crippen LogP contribution in [0.2, 0.25) is 0 Å². The zero-order chi connectivity index (χ0) is 13.0. The summed E-state index contributed by atoms with van der Waals surface area (Å²) >= 11 is 0. The Kier molecular flexibility index (Phi) is 4.06. The van der Waals surface area contributed by atoms with Crippen LogP contribution in [0.5, 0.6) is 0 Å². The van der Waals surface area contributed by atoms with Crippen molar-refractivity contribution in [2.45, 2.75) is 31.2 Å². The van der Waals surface area contributed by atoms with Crippen molar-refractivity contribution < 1.29 is 9.59 Å². The maximum absolute atomic E-state index is 12.0. The van der Waals surface area contributed by atoms with Crippen molar-refractivity contribution in [3.8, 4) is 0 Å². The smallest absolute Gasteiger partial charge is 0.317 e. The average Bonchev–Trinajstić information content (AvgIpc) is 2.40. The van der Waals surface area contributed by atoms with Crippen LogP contribution in [0.4, 0.5) is 4.79 Å². The molecule has 3 N–H and O–H groups in total. The van der Waals surface area contributed by atoms with Crippen LogP contribution in [-0.4, -0.2) is 55.6 Å². The molecule has 2 rings (SSSR count). The van der Waals surface area contributed by atoms with Crippen LogP contribution >= 0.6 is 0 Å². The molecule has 0 spiro atoms. The molecule has 2 saturated heterocycles. The van der Waals surface area contributed by atoms with Gasteiger partial charge in [-0.3, -0.25) is 4.79 Å². The van der Waals surface area contributed by atoms with Crippen molar-refractivity contribution in [3.05, 3.63) is 0 Å². The number of rotatable bonds is 3. The third-order valence-corrected chi connectivity index (χ3v) is 3.96. The molecule has 0 aliphatic carbocycles. The lowest BCUT2D eigenvalue weighted by molar-refractivity contribution is -0.123. The number of amides is 3. The predicted octanol–water partition coefficient (Wildman–Crippen LogP) is -0.340. The molecule has 6 nitrogen and oxygen atoms in total. The van der Waals surface area contributed by atoms with Crippen molar-refractivity contribution in [3.63, 3.8) is 0 Å². The summed E-state index contributed by atoms with van der Waals surface area (Å²) in [5.41, 5.74) is -0.310. The first kappa shape index (κ1) is 13.1. The fourth-order valence-electron chi connectivity index (χ4n) is 2.90. The second-order valence-electron chi connectivity index (χ2n) is 5.06. The lowest BCUT2D eigenvalue weighted by Crippen LogP contribution is -2.62. The highest BCUT2D eigenvalue weighted by molar-refractivity contribution is 5.80. The molecular weight excluding hydrogens is 232 g/mol. The molecule has 18 heavy (non-hydrogen) atoms. The van der Waals surface area contributed by atoms with E-state index in [0.717, 1.165) is 45.4 Å². The molecule has 2 heterocycles.